The number of carbonyl (C=O) groups excluding carboxylic acids is 4. The van der Waals surface area contributed by atoms with E-state index in [-0.39, 0.29) is 64.5 Å². The van der Waals surface area contributed by atoms with Gasteiger partial charge in [0.05, 0.1) is 28.8 Å². The molecule has 2 heterocycles. The van der Waals surface area contributed by atoms with Crippen LogP contribution in [0.5, 0.6) is 11.5 Å². The number of benzene rings is 3. The number of ether oxygens (including phenoxy) is 2. The first-order chi connectivity index (χ1) is 28.9. The standard InChI is InChI=1S/C41H50Cl2N6O10P2/c1-26(2)37(41(53)56-6)47-60(54,58-31-14-9-7-10-15-31)48-22-20-30(21-23-48)44-39(51)38-29(24-35(50)36-33(42)18-13-19-34(36)43)25-49(45-38)61(55,59-32-16-11-8-12-17-32)46-28(5)40(52)57-27(3)4/h7-19,25-28,30,37H,20-24H2,1-6H3,(H,44,51)(H,46,55)(H,47,54)/t28-,37-,60?,61?/m0/s1. The Balaban J connectivity index is 1.45. The highest BCUT2D eigenvalue weighted by atomic mass is 35.5. The highest BCUT2D eigenvalue weighted by molar-refractivity contribution is 7.55. The number of hydrogen-bond donors (Lipinski definition) is 3. The number of esters is 2. The van der Waals surface area contributed by atoms with Crippen LogP contribution >= 0.6 is 38.5 Å². The molecule has 1 fully saturated rings. The summed E-state index contributed by atoms with van der Waals surface area (Å²) in [7, 11) is -7.12. The Morgan fingerprint density at radius 2 is 1.34 bits per heavy atom. The fourth-order valence-electron chi connectivity index (χ4n) is 6.35. The first-order valence-corrected chi connectivity index (χ1v) is 23.5. The molecule has 3 aromatic carbocycles. The smallest absolute Gasteiger partial charge is 0.440 e. The average Bonchev–Trinajstić information content (AvgIpc) is 3.65. The molecule has 0 bridgehead atoms. The summed E-state index contributed by atoms with van der Waals surface area (Å²) in [5.41, 5.74) is -0.181. The minimum atomic E-state index is -4.43. The minimum Gasteiger partial charge on any atom is -0.468 e. The van der Waals surface area contributed by atoms with Gasteiger partial charge in [-0.3, -0.25) is 19.2 Å². The second-order valence-corrected chi connectivity index (χ2v) is 19.6. The van der Waals surface area contributed by atoms with Gasteiger partial charge in [0.1, 0.15) is 23.6 Å². The maximum atomic E-state index is 14.9. The molecule has 5 rings (SSSR count). The number of nitrogens with one attached hydrogen (secondary N) is 3. The monoisotopic (exact) mass is 918 g/mol. The number of rotatable bonds is 19. The van der Waals surface area contributed by atoms with Crippen LogP contribution < -0.4 is 24.5 Å². The fraction of sp³-hybridized carbons (Fsp3) is 0.390. The molecule has 1 amide bonds. The lowest BCUT2D eigenvalue weighted by atomic mass is 10.0. The highest BCUT2D eigenvalue weighted by Crippen LogP contribution is 2.49. The van der Waals surface area contributed by atoms with Gasteiger partial charge in [0.2, 0.25) is 0 Å². The molecular formula is C41H50Cl2N6O10P2. The van der Waals surface area contributed by atoms with Crippen molar-refractivity contribution in [2.45, 2.75) is 78.1 Å². The van der Waals surface area contributed by atoms with Gasteiger partial charge >= 0.3 is 27.3 Å². The zero-order chi connectivity index (χ0) is 44.5. The molecule has 1 aliphatic rings. The molecule has 2 unspecified atom stereocenters. The van der Waals surface area contributed by atoms with E-state index in [2.05, 4.69) is 20.6 Å². The van der Waals surface area contributed by atoms with Gasteiger partial charge in [-0.05, 0) is 75.9 Å². The zero-order valence-corrected chi connectivity index (χ0v) is 37.9. The van der Waals surface area contributed by atoms with Crippen molar-refractivity contribution in [3.8, 4) is 11.5 Å². The van der Waals surface area contributed by atoms with Crippen LogP contribution in [0, 0.1) is 5.92 Å². The van der Waals surface area contributed by atoms with Gasteiger partial charge in [0.25, 0.3) is 5.91 Å². The Hall–Kier alpha value is -4.53. The number of halogens is 2. The summed E-state index contributed by atoms with van der Waals surface area (Å²) < 4.78 is 54.5. The molecule has 20 heteroatoms. The number of hydrogen-bond acceptors (Lipinski definition) is 11. The Morgan fingerprint density at radius 1 is 0.787 bits per heavy atom. The summed E-state index contributed by atoms with van der Waals surface area (Å²) in [6, 6.07) is 18.7. The average molecular weight is 920 g/mol. The number of methoxy groups -OCH3 is 1. The van der Waals surface area contributed by atoms with Crippen molar-refractivity contribution in [3.05, 3.63) is 112 Å². The maximum Gasteiger partial charge on any atom is 0.440 e. The van der Waals surface area contributed by atoms with E-state index in [0.717, 1.165) is 4.45 Å². The van der Waals surface area contributed by atoms with Crippen molar-refractivity contribution in [2.75, 3.05) is 20.2 Å². The van der Waals surface area contributed by atoms with Crippen LogP contribution in [0.4, 0.5) is 0 Å². The Labute approximate surface area is 365 Å². The number of piperidine rings is 1. The lowest BCUT2D eigenvalue weighted by Gasteiger charge is -2.38. The second-order valence-electron chi connectivity index (χ2n) is 14.9. The number of amides is 1. The lowest BCUT2D eigenvalue weighted by Crippen LogP contribution is -2.49. The maximum absolute atomic E-state index is 14.9. The molecule has 1 saturated heterocycles. The second kappa shape index (κ2) is 21.0. The third-order valence-electron chi connectivity index (χ3n) is 9.47. The quantitative estimate of drug-likeness (QED) is 0.0469. The summed E-state index contributed by atoms with van der Waals surface area (Å²) in [6.07, 6.45) is 0.911. The highest BCUT2D eigenvalue weighted by Gasteiger charge is 2.42. The number of Topliss-reactive ketones (excluding diaryl/α,β-unsaturated/α-hetero) is 1. The van der Waals surface area contributed by atoms with Gasteiger partial charge < -0.3 is 23.8 Å². The van der Waals surface area contributed by atoms with Crippen molar-refractivity contribution >= 4 is 62.2 Å². The van der Waals surface area contributed by atoms with E-state index in [4.69, 9.17) is 41.7 Å². The molecule has 0 spiro atoms. The molecular weight excluding hydrogens is 869 g/mol. The van der Waals surface area contributed by atoms with Crippen LogP contribution in [0.25, 0.3) is 0 Å². The summed E-state index contributed by atoms with van der Waals surface area (Å²) in [6.45, 7) is 8.71. The molecule has 3 N–H and O–H groups in total. The van der Waals surface area contributed by atoms with E-state index < -0.39 is 69.6 Å². The summed E-state index contributed by atoms with van der Waals surface area (Å²) in [4.78, 5) is 53.7. The number of ketones is 1. The van der Waals surface area contributed by atoms with Gasteiger partial charge in [0, 0.05) is 37.3 Å². The molecule has 61 heavy (non-hydrogen) atoms. The largest absolute Gasteiger partial charge is 0.468 e. The van der Waals surface area contributed by atoms with Crippen LogP contribution in [-0.4, -0.2) is 82.3 Å². The van der Waals surface area contributed by atoms with Crippen LogP contribution in [0.15, 0.2) is 85.1 Å². The van der Waals surface area contributed by atoms with Crippen molar-refractivity contribution < 1.29 is 46.8 Å². The van der Waals surface area contributed by atoms with Crippen molar-refractivity contribution in [2.24, 2.45) is 5.92 Å². The zero-order valence-electron chi connectivity index (χ0n) is 34.6. The van der Waals surface area contributed by atoms with Gasteiger partial charge in [-0.1, -0.05) is 79.5 Å². The van der Waals surface area contributed by atoms with Gasteiger partial charge in [-0.2, -0.15) is 9.55 Å². The summed E-state index contributed by atoms with van der Waals surface area (Å²) in [5.74, 6) is -2.39. The van der Waals surface area contributed by atoms with Crippen LogP contribution in [0.3, 0.4) is 0 Å². The van der Waals surface area contributed by atoms with Gasteiger partial charge in [0.15, 0.2) is 11.5 Å². The molecule has 328 valence electrons. The predicted molar refractivity (Wildman–Crippen MR) is 231 cm³/mol. The van der Waals surface area contributed by atoms with Crippen molar-refractivity contribution in [1.29, 1.82) is 0 Å². The SMILES string of the molecule is COC(=O)[C@@H](NP(=O)(Oc1ccccc1)N1CCC(NC(=O)c2nn(P(=O)(N[C@@H](C)C(=O)OC(C)C)Oc3ccccc3)cc2CC(=O)c2c(Cl)cccc2Cl)CC1)C(C)C. The van der Waals surface area contributed by atoms with Gasteiger partial charge in [-0.15, -0.1) is 0 Å². The van der Waals surface area contributed by atoms with E-state index in [1.165, 1.54) is 32.4 Å². The number of para-hydroxylation sites is 2. The lowest BCUT2D eigenvalue weighted by molar-refractivity contribution is -0.149. The molecule has 1 aliphatic heterocycles. The van der Waals surface area contributed by atoms with Crippen molar-refractivity contribution in [1.82, 2.24) is 29.7 Å². The van der Waals surface area contributed by atoms with E-state index >= 15 is 0 Å². The Kier molecular flexibility index (Phi) is 16.4. The van der Waals surface area contributed by atoms with E-state index in [9.17, 15) is 28.3 Å². The molecule has 4 atom stereocenters. The van der Waals surface area contributed by atoms with E-state index in [0.29, 0.717) is 5.75 Å². The molecule has 0 aliphatic carbocycles. The first kappa shape index (κ1) is 47.5. The summed E-state index contributed by atoms with van der Waals surface area (Å²) >= 11 is 12.8. The predicted octanol–water partition coefficient (Wildman–Crippen LogP) is 7.75. The third-order valence-corrected chi connectivity index (χ3v) is 14.2. The molecule has 0 radical (unpaired) electrons. The van der Waals surface area contributed by atoms with E-state index in [1.54, 1.807) is 99.1 Å². The molecule has 16 nitrogen and oxygen atoms in total. The topological polar surface area (TPSA) is 196 Å². The Bertz CT molecular complexity index is 2250. The van der Waals surface area contributed by atoms with Crippen LogP contribution in [0.2, 0.25) is 10.0 Å². The number of aromatic nitrogens is 2. The normalized spacial score (nSPS) is 16.5. The third kappa shape index (κ3) is 12.3. The number of carbonyl (C=O) groups is 4. The van der Waals surface area contributed by atoms with Crippen molar-refractivity contribution in [3.63, 3.8) is 0 Å². The van der Waals surface area contributed by atoms with E-state index in [1.807, 2.05) is 0 Å². The summed E-state index contributed by atoms with van der Waals surface area (Å²) in [5, 5.41) is 13.2. The minimum absolute atomic E-state index is 0.0203. The number of nitrogens with zero attached hydrogens (tertiary/aromatic N) is 3. The van der Waals surface area contributed by atoms with Crippen LogP contribution in [0.1, 0.15) is 73.9 Å². The van der Waals surface area contributed by atoms with Crippen LogP contribution in [-0.2, 0) is 34.6 Å². The Morgan fingerprint density at radius 3 is 1.87 bits per heavy atom. The first-order valence-electron chi connectivity index (χ1n) is 19.6. The van der Waals surface area contributed by atoms with Gasteiger partial charge in [-0.25, -0.2) is 24.0 Å². The molecule has 0 saturated carbocycles. The molecule has 1 aromatic heterocycles. The fourth-order valence-corrected chi connectivity index (χ4v) is 11.0. The molecule has 4 aromatic rings.